The maximum atomic E-state index is 11.6. The fourth-order valence-electron chi connectivity index (χ4n) is 9.84. The third-order valence-corrected chi connectivity index (χ3v) is 13.0. The van der Waals surface area contributed by atoms with E-state index in [0.29, 0.717) is 96.4 Å². The molecule has 0 aliphatic carbocycles. The highest BCUT2D eigenvalue weighted by atomic mass is 16.4. The molecule has 0 saturated carbocycles. The number of carbonyl (C=O) groups is 2. The summed E-state index contributed by atoms with van der Waals surface area (Å²) >= 11 is 0. The lowest BCUT2D eigenvalue weighted by molar-refractivity contribution is -0.138. The first-order chi connectivity index (χ1) is 18.9. The lowest BCUT2D eigenvalue weighted by Crippen LogP contribution is -2.45. The van der Waals surface area contributed by atoms with Crippen molar-refractivity contribution in [2.24, 2.45) is 47.3 Å². The molecule has 0 aromatic heterocycles. The molecular weight excluding hydrogens is 504 g/mol. The summed E-state index contributed by atoms with van der Waals surface area (Å²) in [7, 11) is 0. The highest BCUT2D eigenvalue weighted by Crippen LogP contribution is 2.44. The van der Waals surface area contributed by atoms with Gasteiger partial charge in [0.05, 0.1) is 0 Å². The van der Waals surface area contributed by atoms with Gasteiger partial charge in [-0.3, -0.25) is 9.59 Å². The Morgan fingerprint density at radius 1 is 0.475 bits per heavy atom. The second-order valence-corrected chi connectivity index (χ2v) is 14.8. The van der Waals surface area contributed by atoms with Crippen LogP contribution in [-0.2, 0) is 9.59 Å². The maximum Gasteiger partial charge on any atom is 0.303 e. The van der Waals surface area contributed by atoms with Gasteiger partial charge >= 0.3 is 11.9 Å². The Balaban J connectivity index is 1.44. The van der Waals surface area contributed by atoms with Crippen molar-refractivity contribution < 1.29 is 19.8 Å². The third kappa shape index (κ3) is 5.97. The molecule has 0 radical (unpaired) electrons. The Hall–Kier alpha value is -1.22. The van der Waals surface area contributed by atoms with Crippen LogP contribution in [0.15, 0.2) is 0 Å². The predicted molar refractivity (Wildman–Crippen MR) is 157 cm³/mol. The van der Waals surface area contributed by atoms with Gasteiger partial charge < -0.3 is 31.5 Å². The molecule has 8 bridgehead atoms. The van der Waals surface area contributed by atoms with E-state index in [2.05, 4.69) is 62.8 Å². The monoisotopic (exact) mass is 560 g/mol. The summed E-state index contributed by atoms with van der Waals surface area (Å²) in [5.74, 6) is 2.50. The number of carboxylic acids is 2. The summed E-state index contributed by atoms with van der Waals surface area (Å²) in [6.07, 6.45) is 6.08. The van der Waals surface area contributed by atoms with Crippen molar-refractivity contribution in [2.45, 2.75) is 141 Å². The quantitative estimate of drug-likeness (QED) is 0.291. The van der Waals surface area contributed by atoms with Crippen molar-refractivity contribution >= 4 is 11.9 Å². The lowest BCUT2D eigenvalue weighted by atomic mass is 9.77. The van der Waals surface area contributed by atoms with Gasteiger partial charge in [-0.1, -0.05) is 41.5 Å². The van der Waals surface area contributed by atoms with Gasteiger partial charge in [-0.25, -0.2) is 0 Å². The van der Waals surface area contributed by atoms with Crippen LogP contribution in [0.5, 0.6) is 0 Å². The highest BCUT2D eigenvalue weighted by molar-refractivity contribution is 5.67. The molecule has 5 saturated heterocycles. The van der Waals surface area contributed by atoms with Crippen molar-refractivity contribution in [2.75, 3.05) is 0 Å². The molecule has 5 aliphatic rings. The minimum absolute atomic E-state index is 0.210. The number of fused-ring (bicyclic) bond motifs is 8. The molecule has 5 aliphatic heterocycles. The highest BCUT2D eigenvalue weighted by Gasteiger charge is 2.50. The van der Waals surface area contributed by atoms with Gasteiger partial charge in [-0.05, 0) is 85.9 Å². The smallest absolute Gasteiger partial charge is 0.303 e. The number of carboxylic acid groups (broad SMARTS) is 2. The third-order valence-electron chi connectivity index (χ3n) is 13.0. The zero-order chi connectivity index (χ0) is 28.9. The summed E-state index contributed by atoms with van der Waals surface area (Å²) in [6, 6.07) is 3.19. The number of hydrogen-bond donors (Lipinski definition) is 6. The molecular formula is C32H56N4O4. The summed E-state index contributed by atoms with van der Waals surface area (Å²) < 4.78 is 0. The van der Waals surface area contributed by atoms with Crippen molar-refractivity contribution in [1.29, 1.82) is 0 Å². The van der Waals surface area contributed by atoms with E-state index in [1.807, 2.05) is 0 Å². The molecule has 8 heteroatoms. The van der Waals surface area contributed by atoms with Crippen LogP contribution >= 0.6 is 0 Å². The van der Waals surface area contributed by atoms with E-state index >= 15 is 0 Å². The zero-order valence-electron chi connectivity index (χ0n) is 25.6. The van der Waals surface area contributed by atoms with Crippen LogP contribution in [0.1, 0.15) is 92.9 Å². The summed E-state index contributed by atoms with van der Waals surface area (Å²) in [4.78, 5) is 23.2. The summed E-state index contributed by atoms with van der Waals surface area (Å²) in [5.41, 5.74) is 0. The molecule has 5 fully saturated rings. The minimum atomic E-state index is -0.714. The molecule has 228 valence electrons. The molecule has 16 atom stereocenters. The molecule has 5 heterocycles. The van der Waals surface area contributed by atoms with Crippen molar-refractivity contribution in [3.8, 4) is 0 Å². The van der Waals surface area contributed by atoms with Gasteiger partial charge in [-0.15, -0.1) is 0 Å². The zero-order valence-corrected chi connectivity index (χ0v) is 25.6. The summed E-state index contributed by atoms with van der Waals surface area (Å²) in [6.45, 7) is 14.4. The molecule has 5 rings (SSSR count). The maximum absolute atomic E-state index is 11.6. The first-order valence-corrected chi connectivity index (χ1v) is 16.4. The number of rotatable bonds is 6. The predicted octanol–water partition coefficient (Wildman–Crippen LogP) is 3.70. The molecule has 40 heavy (non-hydrogen) atoms. The van der Waals surface area contributed by atoms with Crippen molar-refractivity contribution in [1.82, 2.24) is 21.3 Å². The molecule has 0 aromatic rings. The topological polar surface area (TPSA) is 123 Å². The SMILES string of the molecule is CC1C2CC3NC(CC4NC(CC5NC(CC(N2)C1C)C(C)C5CCC(=O)O)C(CCC(=O)O)C4C)C(C)C3C. The molecule has 0 spiro atoms. The van der Waals surface area contributed by atoms with Gasteiger partial charge in [0.1, 0.15) is 0 Å². The van der Waals surface area contributed by atoms with Crippen LogP contribution in [0.25, 0.3) is 0 Å². The number of aliphatic carboxylic acids is 2. The van der Waals surface area contributed by atoms with E-state index in [4.69, 9.17) is 0 Å². The van der Waals surface area contributed by atoms with Crippen LogP contribution in [-0.4, -0.2) is 70.5 Å². The van der Waals surface area contributed by atoms with Crippen LogP contribution in [0, 0.1) is 47.3 Å². The summed E-state index contributed by atoms with van der Waals surface area (Å²) in [5, 5.41) is 35.3. The molecule has 16 unspecified atom stereocenters. The van der Waals surface area contributed by atoms with E-state index in [1.54, 1.807) is 0 Å². The first kappa shape index (κ1) is 30.2. The Morgan fingerprint density at radius 2 is 0.725 bits per heavy atom. The minimum Gasteiger partial charge on any atom is -0.481 e. The van der Waals surface area contributed by atoms with Crippen LogP contribution in [0.4, 0.5) is 0 Å². The van der Waals surface area contributed by atoms with Gasteiger partial charge in [0.15, 0.2) is 0 Å². The first-order valence-electron chi connectivity index (χ1n) is 16.4. The Morgan fingerprint density at radius 3 is 1.02 bits per heavy atom. The molecule has 6 N–H and O–H groups in total. The van der Waals surface area contributed by atoms with Crippen molar-refractivity contribution in [3.63, 3.8) is 0 Å². The van der Waals surface area contributed by atoms with Crippen LogP contribution < -0.4 is 21.3 Å². The lowest BCUT2D eigenvalue weighted by Gasteiger charge is -2.28. The van der Waals surface area contributed by atoms with Gasteiger partial charge in [-0.2, -0.15) is 0 Å². The number of nitrogens with one attached hydrogen (secondary N) is 4. The molecule has 0 amide bonds. The Kier molecular flexibility index (Phi) is 9.21. The number of hydrogen-bond acceptors (Lipinski definition) is 6. The van der Waals surface area contributed by atoms with E-state index < -0.39 is 11.9 Å². The van der Waals surface area contributed by atoms with Gasteiger partial charge in [0.25, 0.3) is 0 Å². The Bertz CT molecular complexity index is 847. The Labute approximate surface area is 241 Å². The standard InChI is InChI=1S/C32H56N4O4/c1-15-17(3)25-12-27-19(5)21(7-9-31(37)38)29(35-27)14-30-22(8-10-32(39)40)20(6)28(36-30)13-26-18(4)16(2)24(34-26)11-23(15)33-25/h15-30,33-36H,7-14H2,1-6H3,(H,37,38)(H,39,40). The van der Waals surface area contributed by atoms with Crippen LogP contribution in [0.2, 0.25) is 0 Å². The van der Waals surface area contributed by atoms with Crippen LogP contribution in [0.3, 0.4) is 0 Å². The van der Waals surface area contributed by atoms with E-state index in [1.165, 1.54) is 6.42 Å². The average molecular weight is 561 g/mol. The fourth-order valence-corrected chi connectivity index (χ4v) is 9.84. The van der Waals surface area contributed by atoms with Crippen molar-refractivity contribution in [3.05, 3.63) is 0 Å². The normalized spacial score (nSPS) is 50.8. The average Bonchev–Trinajstić information content (AvgIpc) is 3.53. The largest absolute Gasteiger partial charge is 0.481 e. The van der Waals surface area contributed by atoms with E-state index in [0.717, 1.165) is 19.3 Å². The van der Waals surface area contributed by atoms with E-state index in [9.17, 15) is 19.8 Å². The second-order valence-electron chi connectivity index (χ2n) is 14.8. The van der Waals surface area contributed by atoms with E-state index in [-0.39, 0.29) is 24.9 Å². The van der Waals surface area contributed by atoms with Gasteiger partial charge in [0, 0.05) is 61.2 Å². The molecule has 0 aromatic carbocycles. The fraction of sp³-hybridized carbons (Fsp3) is 0.938. The van der Waals surface area contributed by atoms with Gasteiger partial charge in [0.2, 0.25) is 0 Å². The molecule has 8 nitrogen and oxygen atoms in total. The second kappa shape index (κ2) is 12.2.